The second-order valence-electron chi connectivity index (χ2n) is 4.81. The molecule has 0 saturated heterocycles. The van der Waals surface area contributed by atoms with Gasteiger partial charge in [0.25, 0.3) is 0 Å². The molecular formula is C15H23NO2. The van der Waals surface area contributed by atoms with Crippen LogP contribution in [-0.4, -0.2) is 29.6 Å². The van der Waals surface area contributed by atoms with E-state index in [0.29, 0.717) is 6.42 Å². The topological polar surface area (TPSA) is 40.5 Å². The molecule has 18 heavy (non-hydrogen) atoms. The molecule has 1 N–H and O–H groups in total. The van der Waals surface area contributed by atoms with Gasteiger partial charge < -0.3 is 10.0 Å². The third-order valence-electron chi connectivity index (χ3n) is 2.96. The Labute approximate surface area is 109 Å². The van der Waals surface area contributed by atoms with Gasteiger partial charge in [-0.1, -0.05) is 37.6 Å². The lowest BCUT2D eigenvalue weighted by Gasteiger charge is -2.16. The molecule has 3 nitrogen and oxygen atoms in total. The van der Waals surface area contributed by atoms with Crippen molar-refractivity contribution >= 4 is 5.97 Å². The Kier molecular flexibility index (Phi) is 6.44. The Morgan fingerprint density at radius 2 is 2.06 bits per heavy atom. The van der Waals surface area contributed by atoms with E-state index in [0.717, 1.165) is 18.7 Å². The van der Waals surface area contributed by atoms with Crippen molar-refractivity contribution in [2.75, 3.05) is 13.6 Å². The van der Waals surface area contributed by atoms with Gasteiger partial charge in [0.15, 0.2) is 0 Å². The fourth-order valence-electron chi connectivity index (χ4n) is 1.95. The maximum absolute atomic E-state index is 10.5. The molecule has 0 heterocycles. The molecule has 0 amide bonds. The van der Waals surface area contributed by atoms with Crippen LogP contribution in [0.15, 0.2) is 24.3 Å². The molecule has 0 radical (unpaired) electrons. The van der Waals surface area contributed by atoms with Crippen molar-refractivity contribution in [1.29, 1.82) is 0 Å². The van der Waals surface area contributed by atoms with Gasteiger partial charge in [-0.3, -0.25) is 4.79 Å². The highest BCUT2D eigenvalue weighted by atomic mass is 16.4. The average molecular weight is 249 g/mol. The number of hydrogen-bond acceptors (Lipinski definition) is 2. The van der Waals surface area contributed by atoms with Gasteiger partial charge in [-0.2, -0.15) is 0 Å². The molecule has 100 valence electrons. The van der Waals surface area contributed by atoms with Crippen LogP contribution in [-0.2, 0) is 17.8 Å². The highest BCUT2D eigenvalue weighted by Gasteiger charge is 2.03. The second-order valence-corrected chi connectivity index (χ2v) is 4.81. The van der Waals surface area contributed by atoms with E-state index < -0.39 is 5.97 Å². The van der Waals surface area contributed by atoms with Crippen LogP contribution in [0, 0.1) is 0 Å². The van der Waals surface area contributed by atoms with E-state index >= 15 is 0 Å². The summed E-state index contributed by atoms with van der Waals surface area (Å²) in [6, 6.07) is 8.23. The molecule has 0 atom stereocenters. The van der Waals surface area contributed by atoms with Crippen molar-refractivity contribution in [1.82, 2.24) is 4.90 Å². The SMILES string of the molecule is CCCCN(C)Cc1cccc(CCC(=O)O)c1. The van der Waals surface area contributed by atoms with Crippen LogP contribution < -0.4 is 0 Å². The van der Waals surface area contributed by atoms with Crippen LogP contribution >= 0.6 is 0 Å². The number of carbonyl (C=O) groups is 1. The third-order valence-corrected chi connectivity index (χ3v) is 2.96. The second kappa shape index (κ2) is 7.88. The highest BCUT2D eigenvalue weighted by molar-refractivity contribution is 5.67. The predicted octanol–water partition coefficient (Wildman–Crippen LogP) is 2.94. The summed E-state index contributed by atoms with van der Waals surface area (Å²) in [5.41, 5.74) is 2.37. The standard InChI is InChI=1S/C15H23NO2/c1-3-4-10-16(2)12-14-7-5-6-13(11-14)8-9-15(17)18/h5-7,11H,3-4,8-10,12H2,1-2H3,(H,17,18). The molecule has 1 aromatic carbocycles. The van der Waals surface area contributed by atoms with Crippen molar-refractivity contribution < 1.29 is 9.90 Å². The van der Waals surface area contributed by atoms with E-state index in [1.807, 2.05) is 12.1 Å². The molecule has 0 aliphatic heterocycles. The minimum Gasteiger partial charge on any atom is -0.481 e. The Balaban J connectivity index is 2.50. The number of rotatable bonds is 8. The van der Waals surface area contributed by atoms with Crippen LogP contribution in [0.3, 0.4) is 0 Å². The van der Waals surface area contributed by atoms with Gasteiger partial charge in [-0.15, -0.1) is 0 Å². The minimum atomic E-state index is -0.736. The van der Waals surface area contributed by atoms with Gasteiger partial charge in [0.1, 0.15) is 0 Å². The Hall–Kier alpha value is -1.35. The van der Waals surface area contributed by atoms with E-state index in [-0.39, 0.29) is 6.42 Å². The minimum absolute atomic E-state index is 0.203. The molecule has 1 aromatic rings. The molecule has 0 unspecified atom stereocenters. The number of carboxylic acids is 1. The lowest BCUT2D eigenvalue weighted by atomic mass is 10.1. The normalized spacial score (nSPS) is 10.8. The number of aryl methyl sites for hydroxylation is 1. The Morgan fingerprint density at radius 3 is 2.72 bits per heavy atom. The zero-order valence-electron chi connectivity index (χ0n) is 11.4. The lowest BCUT2D eigenvalue weighted by molar-refractivity contribution is -0.136. The Morgan fingerprint density at radius 1 is 1.33 bits per heavy atom. The van der Waals surface area contributed by atoms with Gasteiger partial charge in [0, 0.05) is 13.0 Å². The molecule has 0 spiro atoms. The summed E-state index contributed by atoms with van der Waals surface area (Å²) < 4.78 is 0. The van der Waals surface area contributed by atoms with Gasteiger partial charge in [-0.05, 0) is 37.6 Å². The van der Waals surface area contributed by atoms with Crippen molar-refractivity contribution in [3.8, 4) is 0 Å². The number of carboxylic acid groups (broad SMARTS) is 1. The first-order chi connectivity index (χ1) is 8.61. The first kappa shape index (κ1) is 14.7. The fraction of sp³-hybridized carbons (Fsp3) is 0.533. The van der Waals surface area contributed by atoms with Gasteiger partial charge in [0.2, 0.25) is 0 Å². The highest BCUT2D eigenvalue weighted by Crippen LogP contribution is 2.10. The molecule has 0 saturated carbocycles. The third kappa shape index (κ3) is 5.82. The molecular weight excluding hydrogens is 226 g/mol. The summed E-state index contributed by atoms with van der Waals surface area (Å²) in [4.78, 5) is 12.9. The van der Waals surface area contributed by atoms with E-state index in [1.54, 1.807) is 0 Å². The summed E-state index contributed by atoms with van der Waals surface area (Å²) in [5, 5.41) is 8.68. The van der Waals surface area contributed by atoms with Gasteiger partial charge >= 0.3 is 5.97 Å². The molecule has 1 rings (SSSR count). The summed E-state index contributed by atoms with van der Waals surface area (Å²) in [7, 11) is 2.12. The average Bonchev–Trinajstić information content (AvgIpc) is 2.34. The van der Waals surface area contributed by atoms with Gasteiger partial charge in [-0.25, -0.2) is 0 Å². The zero-order valence-corrected chi connectivity index (χ0v) is 11.4. The molecule has 3 heteroatoms. The molecule has 0 fully saturated rings. The van der Waals surface area contributed by atoms with Gasteiger partial charge in [0.05, 0.1) is 0 Å². The first-order valence-electron chi connectivity index (χ1n) is 6.60. The van der Waals surface area contributed by atoms with Crippen LogP contribution in [0.4, 0.5) is 0 Å². The van der Waals surface area contributed by atoms with Crippen LogP contribution in [0.5, 0.6) is 0 Å². The number of hydrogen-bond donors (Lipinski definition) is 1. The molecule has 0 aliphatic carbocycles. The van der Waals surface area contributed by atoms with Crippen LogP contribution in [0.2, 0.25) is 0 Å². The number of nitrogens with zero attached hydrogens (tertiary/aromatic N) is 1. The van der Waals surface area contributed by atoms with E-state index in [9.17, 15) is 4.79 Å². The van der Waals surface area contributed by atoms with E-state index in [1.165, 1.54) is 18.4 Å². The number of aliphatic carboxylic acids is 1. The van der Waals surface area contributed by atoms with Crippen molar-refractivity contribution in [3.63, 3.8) is 0 Å². The largest absolute Gasteiger partial charge is 0.481 e. The summed E-state index contributed by atoms with van der Waals surface area (Å²) in [5.74, 6) is -0.736. The zero-order chi connectivity index (χ0) is 13.4. The van der Waals surface area contributed by atoms with Crippen LogP contribution in [0.1, 0.15) is 37.3 Å². The fourth-order valence-corrected chi connectivity index (χ4v) is 1.95. The quantitative estimate of drug-likeness (QED) is 0.770. The smallest absolute Gasteiger partial charge is 0.303 e. The monoisotopic (exact) mass is 249 g/mol. The maximum Gasteiger partial charge on any atom is 0.303 e. The maximum atomic E-state index is 10.5. The van der Waals surface area contributed by atoms with E-state index in [2.05, 4.69) is 31.0 Å². The lowest BCUT2D eigenvalue weighted by Crippen LogP contribution is -2.18. The first-order valence-corrected chi connectivity index (χ1v) is 6.60. The summed E-state index contributed by atoms with van der Waals surface area (Å²) in [6.45, 7) is 4.23. The van der Waals surface area contributed by atoms with Crippen molar-refractivity contribution in [2.24, 2.45) is 0 Å². The summed E-state index contributed by atoms with van der Waals surface area (Å²) in [6.07, 6.45) is 3.25. The predicted molar refractivity (Wildman–Crippen MR) is 73.6 cm³/mol. The van der Waals surface area contributed by atoms with Crippen molar-refractivity contribution in [3.05, 3.63) is 35.4 Å². The van der Waals surface area contributed by atoms with Crippen LogP contribution in [0.25, 0.3) is 0 Å². The number of unbranched alkanes of at least 4 members (excludes halogenated alkanes) is 1. The van der Waals surface area contributed by atoms with Crippen molar-refractivity contribution in [2.45, 2.75) is 39.2 Å². The number of benzene rings is 1. The molecule has 0 aliphatic rings. The molecule has 0 aromatic heterocycles. The summed E-state index contributed by atoms with van der Waals surface area (Å²) >= 11 is 0. The molecule has 0 bridgehead atoms. The van der Waals surface area contributed by atoms with E-state index in [4.69, 9.17) is 5.11 Å². The Bertz CT molecular complexity index is 377.